The van der Waals surface area contributed by atoms with Crippen molar-refractivity contribution in [2.24, 2.45) is 0 Å². The minimum Gasteiger partial charge on any atom is -0.394 e. The number of H-pyrrole nitrogens is 1. The summed E-state index contributed by atoms with van der Waals surface area (Å²) in [6, 6.07) is 5.08. The van der Waals surface area contributed by atoms with Crippen LogP contribution in [0.4, 0.5) is 0 Å². The molecule has 0 bridgehead atoms. The third-order valence-electron chi connectivity index (χ3n) is 4.16. The normalized spacial score (nSPS) is 13.1. The van der Waals surface area contributed by atoms with Crippen LogP contribution in [0.15, 0.2) is 23.0 Å². The molecule has 2 heterocycles. The van der Waals surface area contributed by atoms with Gasteiger partial charge in [0.1, 0.15) is 0 Å². The van der Waals surface area contributed by atoms with Gasteiger partial charge in [-0.2, -0.15) is 0 Å². The number of aromatic nitrogens is 2. The van der Waals surface area contributed by atoms with Crippen LogP contribution in [0.25, 0.3) is 21.8 Å². The van der Waals surface area contributed by atoms with Crippen molar-refractivity contribution in [3.8, 4) is 0 Å². The first-order chi connectivity index (χ1) is 10.4. The first kappa shape index (κ1) is 15.1. The molecule has 0 aliphatic rings. The van der Waals surface area contributed by atoms with Crippen molar-refractivity contribution in [3.05, 3.63) is 44.8 Å². The quantitative estimate of drug-likeness (QED) is 0.691. The van der Waals surface area contributed by atoms with Crippen LogP contribution in [-0.2, 0) is 6.54 Å². The molecule has 0 aliphatic carbocycles. The standard InChI is InChI=1S/C16H17ClN2O3/c1-8-9(2)19(6-10(21)7-20)13-4-3-12-16(15(8)13)11(17)5-14(22)18-12/h3-5,10,20-21H,6-7H2,1-2H3,(H,18,22)/t10-/m1/s1. The predicted octanol–water partition coefficient (Wildman–Crippen LogP) is 2.11. The van der Waals surface area contributed by atoms with E-state index in [-0.39, 0.29) is 12.2 Å². The Bertz CT molecular complexity index is 927. The van der Waals surface area contributed by atoms with Gasteiger partial charge >= 0.3 is 0 Å². The van der Waals surface area contributed by atoms with Crippen LogP contribution in [0, 0.1) is 13.8 Å². The highest BCUT2D eigenvalue weighted by atomic mass is 35.5. The second-order valence-electron chi connectivity index (χ2n) is 5.52. The van der Waals surface area contributed by atoms with Crippen molar-refractivity contribution in [3.63, 3.8) is 0 Å². The molecule has 0 radical (unpaired) electrons. The van der Waals surface area contributed by atoms with Crippen molar-refractivity contribution in [1.82, 2.24) is 9.55 Å². The maximum atomic E-state index is 11.6. The molecule has 6 heteroatoms. The van der Waals surface area contributed by atoms with Gasteiger partial charge in [0, 0.05) is 28.0 Å². The molecule has 0 spiro atoms. The summed E-state index contributed by atoms with van der Waals surface area (Å²) in [5, 5.41) is 21.0. The van der Waals surface area contributed by atoms with Gasteiger partial charge in [-0.05, 0) is 31.5 Å². The lowest BCUT2D eigenvalue weighted by Crippen LogP contribution is -2.20. The number of aryl methyl sites for hydroxylation is 1. The zero-order valence-electron chi connectivity index (χ0n) is 12.4. The minimum absolute atomic E-state index is 0.235. The van der Waals surface area contributed by atoms with Crippen LogP contribution >= 0.6 is 11.6 Å². The van der Waals surface area contributed by atoms with E-state index in [2.05, 4.69) is 4.98 Å². The van der Waals surface area contributed by atoms with Crippen LogP contribution in [0.1, 0.15) is 11.3 Å². The lowest BCUT2D eigenvalue weighted by atomic mass is 10.1. The van der Waals surface area contributed by atoms with Gasteiger partial charge in [-0.15, -0.1) is 0 Å². The largest absolute Gasteiger partial charge is 0.394 e. The Morgan fingerprint density at radius 1 is 1.32 bits per heavy atom. The molecule has 0 saturated carbocycles. The van der Waals surface area contributed by atoms with E-state index in [1.807, 2.05) is 30.5 Å². The summed E-state index contributed by atoms with van der Waals surface area (Å²) in [6.07, 6.45) is -0.824. The Balaban J connectivity index is 2.41. The number of rotatable bonds is 3. The number of aliphatic hydroxyl groups excluding tert-OH is 2. The maximum absolute atomic E-state index is 11.6. The molecular weight excluding hydrogens is 304 g/mol. The fourth-order valence-corrected chi connectivity index (χ4v) is 3.27. The first-order valence-corrected chi connectivity index (χ1v) is 7.41. The fourth-order valence-electron chi connectivity index (χ4n) is 2.97. The van der Waals surface area contributed by atoms with Crippen LogP contribution in [0.3, 0.4) is 0 Å². The average Bonchev–Trinajstić information content (AvgIpc) is 2.71. The van der Waals surface area contributed by atoms with Gasteiger partial charge in [0.25, 0.3) is 0 Å². The molecule has 3 rings (SSSR count). The zero-order valence-corrected chi connectivity index (χ0v) is 13.1. The maximum Gasteiger partial charge on any atom is 0.249 e. The molecule has 1 aromatic carbocycles. The Kier molecular flexibility index (Phi) is 3.72. The van der Waals surface area contributed by atoms with Gasteiger partial charge in [-0.1, -0.05) is 11.6 Å². The smallest absolute Gasteiger partial charge is 0.249 e. The molecule has 3 N–H and O–H groups in total. The highest BCUT2D eigenvalue weighted by Gasteiger charge is 2.17. The monoisotopic (exact) mass is 320 g/mol. The summed E-state index contributed by atoms with van der Waals surface area (Å²) in [5.41, 5.74) is 3.41. The van der Waals surface area contributed by atoms with Gasteiger partial charge in [-0.25, -0.2) is 0 Å². The summed E-state index contributed by atoms with van der Waals surface area (Å²) in [6.45, 7) is 3.96. The first-order valence-electron chi connectivity index (χ1n) is 7.04. The van der Waals surface area contributed by atoms with E-state index in [9.17, 15) is 9.90 Å². The molecule has 22 heavy (non-hydrogen) atoms. The lowest BCUT2D eigenvalue weighted by Gasteiger charge is -2.12. The topological polar surface area (TPSA) is 78.2 Å². The van der Waals surface area contributed by atoms with Gasteiger partial charge in [0.05, 0.1) is 29.8 Å². The molecule has 0 unspecified atom stereocenters. The lowest BCUT2D eigenvalue weighted by molar-refractivity contribution is 0.0818. The van der Waals surface area contributed by atoms with Gasteiger partial charge in [-0.3, -0.25) is 4.79 Å². The number of benzene rings is 1. The molecule has 0 amide bonds. The van der Waals surface area contributed by atoms with E-state index in [1.54, 1.807) is 0 Å². The molecule has 116 valence electrons. The summed E-state index contributed by atoms with van der Waals surface area (Å²) >= 11 is 6.29. The molecule has 0 fully saturated rings. The number of hydrogen-bond donors (Lipinski definition) is 3. The van der Waals surface area contributed by atoms with E-state index in [0.717, 1.165) is 27.5 Å². The molecule has 2 aromatic heterocycles. The Morgan fingerprint density at radius 2 is 2.05 bits per heavy atom. The number of nitrogens with one attached hydrogen (secondary N) is 1. The van der Waals surface area contributed by atoms with Crippen LogP contribution in [0.5, 0.6) is 0 Å². The van der Waals surface area contributed by atoms with Gasteiger partial charge < -0.3 is 19.8 Å². The van der Waals surface area contributed by atoms with E-state index in [0.29, 0.717) is 17.1 Å². The van der Waals surface area contributed by atoms with Crippen molar-refractivity contribution in [2.75, 3.05) is 6.61 Å². The molecule has 0 saturated heterocycles. The number of fused-ring (bicyclic) bond motifs is 3. The third-order valence-corrected chi connectivity index (χ3v) is 4.45. The third kappa shape index (κ3) is 2.22. The second kappa shape index (κ2) is 5.43. The predicted molar refractivity (Wildman–Crippen MR) is 87.6 cm³/mol. The van der Waals surface area contributed by atoms with Crippen molar-refractivity contribution in [1.29, 1.82) is 0 Å². The molecule has 5 nitrogen and oxygen atoms in total. The summed E-state index contributed by atoms with van der Waals surface area (Å²) in [5.74, 6) is 0. The van der Waals surface area contributed by atoms with E-state index in [1.165, 1.54) is 6.07 Å². The average molecular weight is 321 g/mol. The molecule has 0 aliphatic heterocycles. The van der Waals surface area contributed by atoms with Crippen LogP contribution < -0.4 is 5.56 Å². The number of nitrogens with zero attached hydrogens (tertiary/aromatic N) is 1. The Morgan fingerprint density at radius 3 is 2.73 bits per heavy atom. The van der Waals surface area contributed by atoms with Crippen molar-refractivity contribution < 1.29 is 10.2 Å². The van der Waals surface area contributed by atoms with Crippen LogP contribution in [-0.4, -0.2) is 32.5 Å². The Labute approximate surface area is 131 Å². The highest BCUT2D eigenvalue weighted by Crippen LogP contribution is 2.34. The van der Waals surface area contributed by atoms with E-state index >= 15 is 0 Å². The molecular formula is C16H17ClN2O3. The molecule has 3 aromatic rings. The Hall–Kier alpha value is -1.82. The SMILES string of the molecule is Cc1c(C)n(C[C@@H](O)CO)c2ccc3[nH]c(=O)cc(Cl)c3c12. The second-order valence-corrected chi connectivity index (χ2v) is 5.93. The summed E-state index contributed by atoms with van der Waals surface area (Å²) < 4.78 is 1.96. The summed E-state index contributed by atoms with van der Waals surface area (Å²) in [4.78, 5) is 14.4. The number of aromatic amines is 1. The zero-order chi connectivity index (χ0) is 16.0. The number of aliphatic hydroxyl groups is 2. The van der Waals surface area contributed by atoms with Crippen molar-refractivity contribution in [2.45, 2.75) is 26.5 Å². The van der Waals surface area contributed by atoms with Crippen molar-refractivity contribution >= 4 is 33.4 Å². The van der Waals surface area contributed by atoms with Gasteiger partial charge in [0.15, 0.2) is 0 Å². The number of hydrogen-bond acceptors (Lipinski definition) is 3. The van der Waals surface area contributed by atoms with E-state index in [4.69, 9.17) is 16.7 Å². The van der Waals surface area contributed by atoms with Crippen LogP contribution in [0.2, 0.25) is 5.02 Å². The van der Waals surface area contributed by atoms with E-state index < -0.39 is 6.10 Å². The highest BCUT2D eigenvalue weighted by molar-refractivity contribution is 6.37. The fraction of sp³-hybridized carbons (Fsp3) is 0.312. The van der Waals surface area contributed by atoms with Gasteiger partial charge in [0.2, 0.25) is 5.56 Å². The minimum atomic E-state index is -0.824. The summed E-state index contributed by atoms with van der Waals surface area (Å²) in [7, 11) is 0. The number of halogens is 1. The number of pyridine rings is 1. The molecule has 1 atom stereocenters.